The zero-order valence-electron chi connectivity index (χ0n) is 17.9. The van der Waals surface area contributed by atoms with E-state index in [4.69, 9.17) is 25.8 Å². The number of hydrogen-bond donors (Lipinski definition) is 2. The van der Waals surface area contributed by atoms with Gasteiger partial charge in [0.1, 0.15) is 5.69 Å². The van der Waals surface area contributed by atoms with Crippen LogP contribution in [0.1, 0.15) is 21.5 Å². The molecule has 0 fully saturated rings. The lowest BCUT2D eigenvalue weighted by atomic mass is 10.1. The molecule has 0 atom stereocenters. The van der Waals surface area contributed by atoms with Gasteiger partial charge in [-0.1, -0.05) is 36.4 Å². The van der Waals surface area contributed by atoms with Gasteiger partial charge in [-0.05, 0) is 35.9 Å². The number of carbonyl (C=O) groups is 1. The first-order chi connectivity index (χ1) is 15.5. The van der Waals surface area contributed by atoms with Gasteiger partial charge in [0.25, 0.3) is 0 Å². The van der Waals surface area contributed by atoms with Gasteiger partial charge < -0.3 is 20.8 Å². The summed E-state index contributed by atoms with van der Waals surface area (Å²) < 4.78 is 4.84. The third-order valence-corrected chi connectivity index (χ3v) is 5.21. The van der Waals surface area contributed by atoms with Gasteiger partial charge in [0.05, 0.1) is 23.7 Å². The molecule has 1 aromatic heterocycles. The quantitative estimate of drug-likeness (QED) is 0.271. The highest BCUT2D eigenvalue weighted by Crippen LogP contribution is 2.32. The molecule has 3 aromatic carbocycles. The maximum absolute atomic E-state index is 12.0. The normalized spacial score (nSPS) is 10.7. The topological polar surface area (TPSA) is 105 Å². The number of esters is 1. The number of rotatable bonds is 6. The summed E-state index contributed by atoms with van der Waals surface area (Å²) in [6.07, 6.45) is 1.23. The van der Waals surface area contributed by atoms with E-state index < -0.39 is 5.97 Å². The molecule has 4 rings (SSSR count). The van der Waals surface area contributed by atoms with Crippen LogP contribution in [0.4, 0.5) is 11.5 Å². The second-order valence-electron chi connectivity index (χ2n) is 7.42. The molecule has 3 N–H and O–H groups in total. The fraction of sp³-hybridized carbons (Fsp3) is 0.120. The van der Waals surface area contributed by atoms with Crippen LogP contribution in [0.2, 0.25) is 0 Å². The summed E-state index contributed by atoms with van der Waals surface area (Å²) in [6.45, 7) is 0.622. The summed E-state index contributed by atoms with van der Waals surface area (Å²) >= 11 is 0. The van der Waals surface area contributed by atoms with Gasteiger partial charge in [-0.15, -0.1) is 0 Å². The van der Waals surface area contributed by atoms with Crippen LogP contribution in [-0.2, 0) is 11.3 Å². The number of anilines is 2. The fourth-order valence-corrected chi connectivity index (χ4v) is 3.53. The molecule has 0 radical (unpaired) electrons. The fourth-order valence-electron chi connectivity index (χ4n) is 3.53. The molecule has 0 aliphatic rings. The molecule has 0 aliphatic carbocycles. The van der Waals surface area contributed by atoms with Crippen LogP contribution >= 0.6 is 0 Å². The molecule has 0 unspecified atom stereocenters. The number of carbonyl (C=O) groups excluding carboxylic acids is 1. The van der Waals surface area contributed by atoms with Gasteiger partial charge in [-0.3, -0.25) is 0 Å². The van der Waals surface area contributed by atoms with Crippen molar-refractivity contribution in [2.45, 2.75) is 6.54 Å². The molecular weight excluding hydrogens is 402 g/mol. The number of nitrogens with two attached hydrogens (primary N) is 1. The van der Waals surface area contributed by atoms with Crippen molar-refractivity contribution in [1.29, 1.82) is 5.41 Å². The van der Waals surface area contributed by atoms with Gasteiger partial charge >= 0.3 is 5.97 Å². The third-order valence-electron chi connectivity index (χ3n) is 5.21. The maximum Gasteiger partial charge on any atom is 0.337 e. The first-order valence-electron chi connectivity index (χ1n) is 10.1. The smallest absolute Gasteiger partial charge is 0.337 e. The van der Waals surface area contributed by atoms with Gasteiger partial charge in [0, 0.05) is 36.6 Å². The highest BCUT2D eigenvalue weighted by molar-refractivity contribution is 5.95. The van der Waals surface area contributed by atoms with E-state index >= 15 is 0 Å². The predicted octanol–water partition coefficient (Wildman–Crippen LogP) is 4.30. The number of fused-ring (bicyclic) bond motifs is 1. The van der Waals surface area contributed by atoms with Crippen LogP contribution < -0.4 is 10.6 Å². The second kappa shape index (κ2) is 8.85. The highest BCUT2D eigenvalue weighted by Gasteiger charge is 2.17. The Morgan fingerprint density at radius 1 is 1.06 bits per heavy atom. The number of nitrogens with zero attached hydrogens (tertiary/aromatic N) is 3. The van der Waals surface area contributed by atoms with E-state index in [-0.39, 0.29) is 0 Å². The minimum absolute atomic E-state index is 0.414. The summed E-state index contributed by atoms with van der Waals surface area (Å²) in [5.74, 6) is 0.232. The summed E-state index contributed by atoms with van der Waals surface area (Å²) in [5.41, 5.74) is 11.4. The molecule has 0 bridgehead atoms. The van der Waals surface area contributed by atoms with Gasteiger partial charge in [0.15, 0.2) is 5.82 Å². The molecule has 0 amide bonds. The van der Waals surface area contributed by atoms with Crippen molar-refractivity contribution in [2.75, 3.05) is 24.8 Å². The Kier molecular flexibility index (Phi) is 5.81. The second-order valence-corrected chi connectivity index (χ2v) is 7.42. The van der Waals surface area contributed by atoms with Crippen molar-refractivity contribution >= 4 is 34.7 Å². The predicted molar refractivity (Wildman–Crippen MR) is 127 cm³/mol. The SMILES string of the molecule is COC(=O)c1ccc2nc(-c3ccc(N)c(C=N)c3)c(N(C)Cc3ccccc3)nc2c1. The summed E-state index contributed by atoms with van der Waals surface area (Å²) in [4.78, 5) is 23.7. The summed E-state index contributed by atoms with van der Waals surface area (Å²) in [5, 5.41) is 7.65. The number of ether oxygens (including phenoxy) is 1. The first kappa shape index (κ1) is 21.0. The average molecular weight is 425 g/mol. The zero-order valence-corrected chi connectivity index (χ0v) is 17.9. The average Bonchev–Trinajstić information content (AvgIpc) is 2.83. The Balaban J connectivity index is 1.88. The number of hydrogen-bond acceptors (Lipinski definition) is 7. The van der Waals surface area contributed by atoms with Crippen LogP contribution in [-0.4, -0.2) is 36.3 Å². The Morgan fingerprint density at radius 3 is 2.56 bits per heavy atom. The Labute approximate surface area is 186 Å². The minimum Gasteiger partial charge on any atom is -0.465 e. The Morgan fingerprint density at radius 2 is 1.84 bits per heavy atom. The first-order valence-corrected chi connectivity index (χ1v) is 10.1. The molecule has 7 nitrogen and oxygen atoms in total. The standard InChI is InChI=1S/C25H23N5O2/c1-30(15-16-6-4-3-5-7-16)24-23(17-8-10-20(27)19(12-17)14-26)28-21-11-9-18(25(31)32-2)13-22(21)29-24/h3-14,26H,15,27H2,1-2H3. The van der Waals surface area contributed by atoms with Gasteiger partial charge in [-0.2, -0.15) is 0 Å². The molecule has 0 saturated carbocycles. The van der Waals surface area contributed by atoms with Crippen molar-refractivity contribution in [3.8, 4) is 11.3 Å². The van der Waals surface area contributed by atoms with Crippen LogP contribution in [0.3, 0.4) is 0 Å². The lowest BCUT2D eigenvalue weighted by Gasteiger charge is -2.22. The van der Waals surface area contributed by atoms with E-state index in [2.05, 4.69) is 12.1 Å². The Bertz CT molecular complexity index is 1300. The maximum atomic E-state index is 12.0. The van der Waals surface area contributed by atoms with E-state index in [1.807, 2.05) is 42.3 Å². The molecule has 7 heteroatoms. The molecule has 0 saturated heterocycles. The van der Waals surface area contributed by atoms with Crippen molar-refractivity contribution < 1.29 is 9.53 Å². The summed E-state index contributed by atoms with van der Waals surface area (Å²) in [6, 6.07) is 20.7. The summed E-state index contributed by atoms with van der Waals surface area (Å²) in [7, 11) is 3.30. The van der Waals surface area contributed by atoms with E-state index in [9.17, 15) is 4.79 Å². The molecule has 0 aliphatic heterocycles. The van der Waals surface area contributed by atoms with Gasteiger partial charge in [-0.25, -0.2) is 14.8 Å². The van der Waals surface area contributed by atoms with Crippen molar-refractivity contribution in [2.24, 2.45) is 0 Å². The van der Waals surface area contributed by atoms with Crippen LogP contribution in [0.15, 0.2) is 66.7 Å². The van der Waals surface area contributed by atoms with Crippen LogP contribution in [0, 0.1) is 5.41 Å². The molecule has 32 heavy (non-hydrogen) atoms. The molecule has 4 aromatic rings. The molecule has 1 heterocycles. The van der Waals surface area contributed by atoms with E-state index in [0.29, 0.717) is 45.9 Å². The van der Waals surface area contributed by atoms with Crippen molar-refractivity contribution in [3.05, 3.63) is 83.4 Å². The van der Waals surface area contributed by atoms with Crippen molar-refractivity contribution in [3.63, 3.8) is 0 Å². The number of nitrogens with one attached hydrogen (secondary N) is 1. The molecular formula is C25H23N5O2. The molecule has 160 valence electrons. The lowest BCUT2D eigenvalue weighted by Crippen LogP contribution is -2.19. The number of benzene rings is 3. The van der Waals surface area contributed by atoms with Crippen LogP contribution in [0.25, 0.3) is 22.3 Å². The van der Waals surface area contributed by atoms with E-state index in [1.54, 1.807) is 24.3 Å². The van der Waals surface area contributed by atoms with E-state index in [1.165, 1.54) is 13.3 Å². The van der Waals surface area contributed by atoms with Gasteiger partial charge in [0.2, 0.25) is 0 Å². The Hall–Kier alpha value is -4.26. The highest BCUT2D eigenvalue weighted by atomic mass is 16.5. The molecule has 0 spiro atoms. The largest absolute Gasteiger partial charge is 0.465 e. The van der Waals surface area contributed by atoms with E-state index in [0.717, 1.165) is 11.1 Å². The number of nitrogen functional groups attached to an aromatic ring is 1. The number of aromatic nitrogens is 2. The minimum atomic E-state index is -0.425. The lowest BCUT2D eigenvalue weighted by molar-refractivity contribution is 0.0601. The number of methoxy groups -OCH3 is 1. The van der Waals surface area contributed by atoms with Crippen molar-refractivity contribution in [1.82, 2.24) is 9.97 Å². The monoisotopic (exact) mass is 425 g/mol. The zero-order chi connectivity index (χ0) is 22.7. The third kappa shape index (κ3) is 4.13. The van der Waals surface area contributed by atoms with Crippen LogP contribution in [0.5, 0.6) is 0 Å².